The quantitative estimate of drug-likeness (QED) is 0.292. The SMILES string of the molecule is CCOC(=O)/C=C/C[C@@H]1O[C@@H]2CO[C@@H](c3ccccc3)O[C@H]2CC[C@H]1O[Si](C)(C)C(C)(C)C. The molecule has 3 rings (SSSR count). The number of esters is 1. The fraction of sp³-hybridized carbons (Fsp3) is 0.654. The second-order valence-electron chi connectivity index (χ2n) is 10.3. The van der Waals surface area contributed by atoms with Crippen molar-refractivity contribution >= 4 is 14.3 Å². The highest BCUT2D eigenvalue weighted by molar-refractivity contribution is 6.74. The van der Waals surface area contributed by atoms with Crippen LogP contribution in [0.1, 0.15) is 58.8 Å². The fourth-order valence-electron chi connectivity index (χ4n) is 3.95. The molecule has 1 aromatic rings. The van der Waals surface area contributed by atoms with Gasteiger partial charge in [0.25, 0.3) is 0 Å². The molecular formula is C26H40O6Si. The van der Waals surface area contributed by atoms with E-state index in [0.29, 0.717) is 19.6 Å². The van der Waals surface area contributed by atoms with E-state index >= 15 is 0 Å². The minimum absolute atomic E-state index is 0.0616. The van der Waals surface area contributed by atoms with Crippen molar-refractivity contribution in [2.75, 3.05) is 13.2 Å². The lowest BCUT2D eigenvalue weighted by atomic mass is 10.0. The predicted molar refractivity (Wildman–Crippen MR) is 130 cm³/mol. The van der Waals surface area contributed by atoms with Crippen LogP contribution in [0.2, 0.25) is 18.1 Å². The van der Waals surface area contributed by atoms with Crippen molar-refractivity contribution in [2.24, 2.45) is 0 Å². The van der Waals surface area contributed by atoms with E-state index in [9.17, 15) is 4.79 Å². The number of hydrogen-bond acceptors (Lipinski definition) is 6. The highest BCUT2D eigenvalue weighted by Gasteiger charge is 2.44. The van der Waals surface area contributed by atoms with Crippen LogP contribution >= 0.6 is 0 Å². The number of hydrogen-bond donors (Lipinski definition) is 0. The van der Waals surface area contributed by atoms with Crippen molar-refractivity contribution in [3.63, 3.8) is 0 Å². The van der Waals surface area contributed by atoms with E-state index in [4.69, 9.17) is 23.4 Å². The van der Waals surface area contributed by atoms with Crippen LogP contribution in [0, 0.1) is 0 Å². The highest BCUT2D eigenvalue weighted by Crippen LogP contribution is 2.40. The molecule has 2 saturated heterocycles. The summed E-state index contributed by atoms with van der Waals surface area (Å²) < 4.78 is 30.8. The summed E-state index contributed by atoms with van der Waals surface area (Å²) in [5.74, 6) is -0.333. The zero-order valence-corrected chi connectivity index (χ0v) is 21.9. The van der Waals surface area contributed by atoms with Gasteiger partial charge in [0.1, 0.15) is 6.10 Å². The lowest BCUT2D eigenvalue weighted by Gasteiger charge is -2.41. The zero-order chi connectivity index (χ0) is 24.1. The molecule has 0 unspecified atom stereocenters. The first-order valence-electron chi connectivity index (χ1n) is 12.1. The Morgan fingerprint density at radius 1 is 1.12 bits per heavy atom. The Bertz CT molecular complexity index is 788. The van der Waals surface area contributed by atoms with E-state index < -0.39 is 8.32 Å². The van der Waals surface area contributed by atoms with E-state index in [0.717, 1.165) is 18.4 Å². The van der Waals surface area contributed by atoms with Crippen LogP contribution in [0.4, 0.5) is 0 Å². The molecule has 184 valence electrons. The maximum Gasteiger partial charge on any atom is 0.330 e. The van der Waals surface area contributed by atoms with E-state index in [2.05, 4.69) is 33.9 Å². The number of rotatable bonds is 7. The predicted octanol–water partition coefficient (Wildman–Crippen LogP) is 5.55. The van der Waals surface area contributed by atoms with E-state index in [1.807, 2.05) is 36.4 Å². The van der Waals surface area contributed by atoms with Crippen LogP contribution in [-0.4, -0.2) is 51.9 Å². The van der Waals surface area contributed by atoms with Gasteiger partial charge in [0.05, 0.1) is 31.5 Å². The Morgan fingerprint density at radius 3 is 2.52 bits per heavy atom. The molecule has 0 bridgehead atoms. The van der Waals surface area contributed by atoms with Crippen LogP contribution in [0.3, 0.4) is 0 Å². The van der Waals surface area contributed by atoms with Gasteiger partial charge < -0.3 is 23.4 Å². The molecule has 5 atom stereocenters. The van der Waals surface area contributed by atoms with Crippen molar-refractivity contribution in [1.29, 1.82) is 0 Å². The molecule has 2 aliphatic rings. The number of carbonyl (C=O) groups is 1. The summed E-state index contributed by atoms with van der Waals surface area (Å²) in [4.78, 5) is 11.8. The van der Waals surface area contributed by atoms with E-state index in [1.54, 1.807) is 6.92 Å². The Labute approximate surface area is 199 Å². The van der Waals surface area contributed by atoms with Crippen LogP contribution in [0.25, 0.3) is 0 Å². The monoisotopic (exact) mass is 476 g/mol. The van der Waals surface area contributed by atoms with E-state index in [-0.39, 0.29) is 41.7 Å². The van der Waals surface area contributed by atoms with Gasteiger partial charge in [-0.15, -0.1) is 0 Å². The minimum atomic E-state index is -2.01. The lowest BCUT2D eigenvalue weighted by molar-refractivity contribution is -0.270. The average molecular weight is 477 g/mol. The van der Waals surface area contributed by atoms with Crippen LogP contribution in [-0.2, 0) is 28.2 Å². The Kier molecular flexibility index (Phi) is 8.92. The van der Waals surface area contributed by atoms with Gasteiger partial charge in [-0.25, -0.2) is 4.79 Å². The number of fused-ring (bicyclic) bond motifs is 1. The van der Waals surface area contributed by atoms with Gasteiger partial charge in [0, 0.05) is 11.6 Å². The van der Waals surface area contributed by atoms with Gasteiger partial charge >= 0.3 is 5.97 Å². The number of ether oxygens (including phenoxy) is 4. The molecule has 2 aliphatic heterocycles. The molecule has 0 aromatic heterocycles. The molecule has 0 saturated carbocycles. The van der Waals surface area contributed by atoms with Crippen molar-refractivity contribution in [2.45, 2.75) is 95.8 Å². The van der Waals surface area contributed by atoms with Gasteiger partial charge in [0.2, 0.25) is 0 Å². The molecule has 6 nitrogen and oxygen atoms in total. The third-order valence-electron chi connectivity index (χ3n) is 6.86. The van der Waals surface area contributed by atoms with Gasteiger partial charge in [-0.3, -0.25) is 0 Å². The van der Waals surface area contributed by atoms with E-state index in [1.165, 1.54) is 6.08 Å². The fourth-order valence-corrected chi connectivity index (χ4v) is 5.33. The van der Waals surface area contributed by atoms with Gasteiger partial charge in [-0.05, 0) is 44.3 Å². The molecule has 0 N–H and O–H groups in total. The van der Waals surface area contributed by atoms with Crippen LogP contribution in [0.15, 0.2) is 42.5 Å². The molecule has 2 heterocycles. The molecule has 0 aliphatic carbocycles. The summed E-state index contributed by atoms with van der Waals surface area (Å²) in [5.41, 5.74) is 1.02. The third kappa shape index (κ3) is 6.99. The number of benzene rings is 1. The molecular weight excluding hydrogens is 436 g/mol. The topological polar surface area (TPSA) is 63.2 Å². The van der Waals surface area contributed by atoms with Crippen LogP contribution < -0.4 is 0 Å². The maximum atomic E-state index is 11.8. The lowest BCUT2D eigenvalue weighted by Crippen LogP contribution is -2.48. The Hall–Kier alpha value is -1.51. The Morgan fingerprint density at radius 2 is 1.85 bits per heavy atom. The van der Waals surface area contributed by atoms with Crippen molar-refractivity contribution in [3.8, 4) is 0 Å². The first-order chi connectivity index (χ1) is 15.6. The molecule has 1 aromatic carbocycles. The first-order valence-corrected chi connectivity index (χ1v) is 15.0. The summed E-state index contributed by atoms with van der Waals surface area (Å²) in [7, 11) is -2.01. The molecule has 33 heavy (non-hydrogen) atoms. The molecule has 0 spiro atoms. The van der Waals surface area contributed by atoms with Crippen LogP contribution in [0.5, 0.6) is 0 Å². The maximum absolute atomic E-state index is 11.8. The average Bonchev–Trinajstić information content (AvgIpc) is 2.92. The molecule has 2 fully saturated rings. The molecule has 0 amide bonds. The Balaban J connectivity index is 1.74. The summed E-state index contributed by atoms with van der Waals surface area (Å²) in [5, 5.41) is 0.0927. The summed E-state index contributed by atoms with van der Waals surface area (Å²) in [6.45, 7) is 13.9. The van der Waals surface area contributed by atoms with Gasteiger partial charge in [-0.1, -0.05) is 57.2 Å². The second-order valence-corrected chi connectivity index (χ2v) is 15.1. The summed E-state index contributed by atoms with van der Waals surface area (Å²) in [6, 6.07) is 10.0. The van der Waals surface area contributed by atoms with Crippen molar-refractivity contribution in [3.05, 3.63) is 48.0 Å². The largest absolute Gasteiger partial charge is 0.463 e. The normalized spacial score (nSPS) is 28.8. The smallest absolute Gasteiger partial charge is 0.330 e. The standard InChI is InChI=1S/C26H40O6Si/c1-7-28-24(27)15-11-14-20-22(32-33(5,6)26(2,3)4)17-16-21-23(30-20)18-29-25(31-21)19-12-9-8-10-13-19/h8-13,15,20-23,25H,7,14,16-18H2,1-6H3/b15-11+/t20-,21-,22+,23+,25+/m0/s1. The van der Waals surface area contributed by atoms with Crippen molar-refractivity contribution < 1.29 is 28.2 Å². The number of carbonyl (C=O) groups excluding carboxylic acids is 1. The van der Waals surface area contributed by atoms with Crippen molar-refractivity contribution in [1.82, 2.24) is 0 Å². The minimum Gasteiger partial charge on any atom is -0.463 e. The molecule has 7 heteroatoms. The molecule has 0 radical (unpaired) electrons. The van der Waals surface area contributed by atoms with Gasteiger partial charge in [-0.2, -0.15) is 0 Å². The summed E-state index contributed by atoms with van der Waals surface area (Å²) in [6.07, 6.45) is 4.72. The third-order valence-corrected chi connectivity index (χ3v) is 11.4. The first kappa shape index (κ1) is 26.1. The zero-order valence-electron chi connectivity index (χ0n) is 20.9. The highest BCUT2D eigenvalue weighted by atomic mass is 28.4. The summed E-state index contributed by atoms with van der Waals surface area (Å²) >= 11 is 0. The van der Waals surface area contributed by atoms with Gasteiger partial charge in [0.15, 0.2) is 14.6 Å². The second kappa shape index (κ2) is 11.3.